The topological polar surface area (TPSA) is 137 Å². The van der Waals surface area contributed by atoms with Crippen LogP contribution in [-0.2, 0) is 9.53 Å². The van der Waals surface area contributed by atoms with E-state index in [1.54, 1.807) is 23.5 Å². The van der Waals surface area contributed by atoms with E-state index in [0.717, 1.165) is 68.2 Å². The Labute approximate surface area is 297 Å². The lowest BCUT2D eigenvalue weighted by atomic mass is 9.82. The molecule has 13 heteroatoms. The number of hydrogen-bond donors (Lipinski definition) is 3. The lowest BCUT2D eigenvalue weighted by Crippen LogP contribution is -2.58. The molecule has 0 bridgehead atoms. The largest absolute Gasteiger partial charge is 0.426 e. The number of amides is 1. The van der Waals surface area contributed by atoms with Crippen molar-refractivity contribution in [2.45, 2.75) is 96.7 Å². The Morgan fingerprint density at radius 1 is 1.18 bits per heavy atom. The number of ether oxygens (including phenoxy) is 2. The molecule has 11 nitrogen and oxygen atoms in total. The summed E-state index contributed by atoms with van der Waals surface area (Å²) in [5.41, 5.74) is 1.68. The van der Waals surface area contributed by atoms with Crippen LogP contribution in [0, 0.1) is 5.41 Å². The van der Waals surface area contributed by atoms with E-state index < -0.39 is 6.10 Å². The molecule has 1 atom stereocenters. The summed E-state index contributed by atoms with van der Waals surface area (Å²) in [6.07, 6.45) is 8.08. The molecule has 4 heterocycles. The highest BCUT2D eigenvalue weighted by Crippen LogP contribution is 2.34. The van der Waals surface area contributed by atoms with Gasteiger partial charge in [0.05, 0.1) is 34.6 Å². The average Bonchev–Trinajstić information content (AvgIpc) is 3.73. The van der Waals surface area contributed by atoms with Crippen molar-refractivity contribution >= 4 is 45.3 Å². The SMILES string of the molecule is CC(C)c1nc(C(=O)N2CCOC3(CCN(CCCCCC(C)(C)CCCNCC(O)c4ccc(OC=O)c5[nH]c(=O)sc45)CC3)C2)cs1. The third kappa shape index (κ3) is 9.98. The number of benzene rings is 1. The molecule has 2 aromatic heterocycles. The number of carbonyl (C=O) groups is 2. The number of likely N-dealkylation sites (tertiary alicyclic amines) is 1. The standard InChI is InChI=1S/C36H53N5O6S2/c1-25(2)32-38-27(22-48-32)33(44)41-19-20-47-36(23-41)13-17-40(18-14-36)16-7-5-6-11-35(3,4)12-8-15-37-21-28(43)26-9-10-29(46-24-42)30-31(26)49-34(45)39-30/h9-10,22,24-25,28,37,43H,5-8,11-21,23H2,1-4H3,(H,39,45). The van der Waals surface area contributed by atoms with E-state index in [1.807, 2.05) is 10.3 Å². The minimum atomic E-state index is -0.779. The molecule has 1 aromatic carbocycles. The number of thiazole rings is 2. The van der Waals surface area contributed by atoms with Crippen molar-refractivity contribution in [2.75, 3.05) is 52.4 Å². The number of carbonyl (C=O) groups excluding carboxylic acids is 2. The second-order valence-electron chi connectivity index (χ2n) is 14.7. The Morgan fingerprint density at radius 2 is 1.96 bits per heavy atom. The Kier molecular flexibility index (Phi) is 13.1. The lowest BCUT2D eigenvalue weighted by Gasteiger charge is -2.47. The van der Waals surface area contributed by atoms with Gasteiger partial charge in [0.1, 0.15) is 11.2 Å². The van der Waals surface area contributed by atoms with E-state index >= 15 is 0 Å². The quantitative estimate of drug-likeness (QED) is 0.119. The fourth-order valence-corrected chi connectivity index (χ4v) is 8.76. The zero-order valence-corrected chi connectivity index (χ0v) is 31.1. The number of aromatic nitrogens is 2. The Bertz CT molecular complexity index is 1590. The maximum Gasteiger partial charge on any atom is 0.305 e. The maximum absolute atomic E-state index is 13.2. The number of unbranched alkanes of at least 4 members (excludes halogenated alkanes) is 2. The molecule has 1 unspecified atom stereocenters. The van der Waals surface area contributed by atoms with Crippen LogP contribution in [0.5, 0.6) is 5.75 Å². The van der Waals surface area contributed by atoms with Gasteiger partial charge in [0.2, 0.25) is 0 Å². The molecule has 2 aliphatic heterocycles. The van der Waals surface area contributed by atoms with Gasteiger partial charge in [-0.05, 0) is 63.1 Å². The molecular formula is C36H53N5O6S2. The molecule has 270 valence electrons. The first-order chi connectivity index (χ1) is 23.5. The van der Waals surface area contributed by atoms with Gasteiger partial charge in [0.25, 0.3) is 12.4 Å². The zero-order valence-electron chi connectivity index (χ0n) is 29.4. The molecule has 3 aromatic rings. The number of aliphatic hydroxyl groups is 1. The normalized spacial score (nSPS) is 17.6. The molecule has 49 heavy (non-hydrogen) atoms. The number of H-pyrrole nitrogens is 1. The summed E-state index contributed by atoms with van der Waals surface area (Å²) in [6, 6.07) is 3.30. The minimum Gasteiger partial charge on any atom is -0.426 e. The Hall–Kier alpha value is -2.68. The number of aliphatic hydroxyl groups excluding tert-OH is 1. The number of morpholine rings is 1. The van der Waals surface area contributed by atoms with Gasteiger partial charge in [-0.3, -0.25) is 14.4 Å². The van der Waals surface area contributed by atoms with Crippen molar-refractivity contribution in [1.82, 2.24) is 25.1 Å². The van der Waals surface area contributed by atoms with Crippen LogP contribution in [0.25, 0.3) is 10.2 Å². The van der Waals surface area contributed by atoms with E-state index in [0.29, 0.717) is 60.1 Å². The summed E-state index contributed by atoms with van der Waals surface area (Å²) in [5.74, 6) is 0.647. The van der Waals surface area contributed by atoms with Gasteiger partial charge in [0.15, 0.2) is 5.75 Å². The second-order valence-corrected chi connectivity index (χ2v) is 16.6. The fourth-order valence-electron chi connectivity index (χ4n) is 7.04. The predicted molar refractivity (Wildman–Crippen MR) is 195 cm³/mol. The summed E-state index contributed by atoms with van der Waals surface area (Å²) in [4.78, 5) is 47.5. The van der Waals surface area contributed by atoms with Crippen molar-refractivity contribution in [2.24, 2.45) is 5.41 Å². The van der Waals surface area contributed by atoms with Crippen LogP contribution < -0.4 is 14.9 Å². The number of aromatic amines is 1. The van der Waals surface area contributed by atoms with Crippen LogP contribution in [-0.4, -0.2) is 95.3 Å². The van der Waals surface area contributed by atoms with E-state index in [4.69, 9.17) is 9.47 Å². The van der Waals surface area contributed by atoms with Gasteiger partial charge in [0, 0.05) is 43.0 Å². The molecule has 3 N–H and O–H groups in total. The highest BCUT2D eigenvalue weighted by molar-refractivity contribution is 7.16. The van der Waals surface area contributed by atoms with Crippen LogP contribution in [0.15, 0.2) is 22.3 Å². The highest BCUT2D eigenvalue weighted by Gasteiger charge is 2.41. The smallest absolute Gasteiger partial charge is 0.305 e. The minimum absolute atomic E-state index is 0.0388. The van der Waals surface area contributed by atoms with Crippen molar-refractivity contribution in [3.63, 3.8) is 0 Å². The van der Waals surface area contributed by atoms with Crippen molar-refractivity contribution in [1.29, 1.82) is 0 Å². The van der Waals surface area contributed by atoms with Gasteiger partial charge in [-0.15, -0.1) is 11.3 Å². The van der Waals surface area contributed by atoms with Crippen molar-refractivity contribution in [3.05, 3.63) is 43.4 Å². The van der Waals surface area contributed by atoms with Gasteiger partial charge in [-0.25, -0.2) is 4.98 Å². The molecule has 2 saturated heterocycles. The summed E-state index contributed by atoms with van der Waals surface area (Å²) in [7, 11) is 0. The molecule has 0 radical (unpaired) electrons. The Balaban J connectivity index is 0.941. The van der Waals surface area contributed by atoms with Crippen LogP contribution in [0.3, 0.4) is 0 Å². The van der Waals surface area contributed by atoms with E-state index in [2.05, 4.69) is 47.9 Å². The first-order valence-electron chi connectivity index (χ1n) is 17.7. The number of fused-ring (bicyclic) bond motifs is 1. The summed E-state index contributed by atoms with van der Waals surface area (Å²) < 4.78 is 11.9. The van der Waals surface area contributed by atoms with E-state index in [1.165, 1.54) is 25.7 Å². The van der Waals surface area contributed by atoms with Gasteiger partial charge in [-0.1, -0.05) is 57.9 Å². The zero-order chi connectivity index (χ0) is 35.0. The molecule has 1 amide bonds. The summed E-state index contributed by atoms with van der Waals surface area (Å²) >= 11 is 2.58. The highest BCUT2D eigenvalue weighted by atomic mass is 32.1. The van der Waals surface area contributed by atoms with Gasteiger partial charge >= 0.3 is 4.87 Å². The van der Waals surface area contributed by atoms with Gasteiger partial charge < -0.3 is 34.7 Å². The number of hydrogen-bond acceptors (Lipinski definition) is 11. The summed E-state index contributed by atoms with van der Waals surface area (Å²) in [6.45, 7) is 15.4. The van der Waals surface area contributed by atoms with Crippen LogP contribution in [0.1, 0.15) is 112 Å². The predicted octanol–water partition coefficient (Wildman–Crippen LogP) is 5.70. The van der Waals surface area contributed by atoms with Crippen LogP contribution >= 0.6 is 22.7 Å². The number of nitrogens with one attached hydrogen (secondary N) is 2. The molecule has 1 spiro atoms. The molecule has 2 aliphatic rings. The molecule has 0 saturated carbocycles. The third-order valence-corrected chi connectivity index (χ3v) is 12.1. The molecular weight excluding hydrogens is 663 g/mol. The third-order valence-electron chi connectivity index (χ3n) is 10.0. The number of rotatable bonds is 17. The fraction of sp³-hybridized carbons (Fsp3) is 0.667. The molecule has 0 aliphatic carbocycles. The van der Waals surface area contributed by atoms with Crippen molar-refractivity contribution < 1.29 is 24.2 Å². The first-order valence-corrected chi connectivity index (χ1v) is 19.4. The van der Waals surface area contributed by atoms with Gasteiger partial charge in [-0.2, -0.15) is 0 Å². The Morgan fingerprint density at radius 3 is 2.69 bits per heavy atom. The van der Waals surface area contributed by atoms with E-state index in [-0.39, 0.29) is 27.5 Å². The summed E-state index contributed by atoms with van der Waals surface area (Å²) in [5, 5.41) is 17.1. The maximum atomic E-state index is 13.2. The van der Waals surface area contributed by atoms with E-state index in [9.17, 15) is 19.5 Å². The van der Waals surface area contributed by atoms with Crippen LogP contribution in [0.4, 0.5) is 0 Å². The number of nitrogens with zero attached hydrogens (tertiary/aromatic N) is 3. The average molecular weight is 716 g/mol. The lowest BCUT2D eigenvalue weighted by molar-refractivity contribution is -0.127. The monoisotopic (exact) mass is 715 g/mol. The van der Waals surface area contributed by atoms with Crippen LogP contribution in [0.2, 0.25) is 0 Å². The molecule has 2 fully saturated rings. The molecule has 5 rings (SSSR count). The number of piperidine rings is 1. The second kappa shape index (κ2) is 17.0. The van der Waals surface area contributed by atoms with Crippen molar-refractivity contribution in [3.8, 4) is 5.75 Å². The first kappa shape index (κ1) is 37.6.